The molecule has 0 saturated carbocycles. The smallest absolute Gasteiger partial charge is 0.146 e. The molecule has 0 unspecified atom stereocenters. The van der Waals surface area contributed by atoms with Crippen LogP contribution >= 0.6 is 0 Å². The van der Waals surface area contributed by atoms with E-state index in [1.165, 1.54) is 6.07 Å². The van der Waals surface area contributed by atoms with E-state index in [-0.39, 0.29) is 12.4 Å². The molecule has 0 fully saturated rings. The predicted molar refractivity (Wildman–Crippen MR) is 79.6 cm³/mol. The molecule has 0 aliphatic heterocycles. The summed E-state index contributed by atoms with van der Waals surface area (Å²) in [5.74, 6) is -0.212. The van der Waals surface area contributed by atoms with Gasteiger partial charge >= 0.3 is 0 Å². The highest BCUT2D eigenvalue weighted by molar-refractivity contribution is 5.54. The minimum atomic E-state index is -0.212. The zero-order valence-electron chi connectivity index (χ0n) is 12.4. The van der Waals surface area contributed by atoms with Crippen molar-refractivity contribution >= 4 is 5.69 Å². The van der Waals surface area contributed by atoms with Crippen LogP contribution in [0.2, 0.25) is 0 Å². The highest BCUT2D eigenvalue weighted by Crippen LogP contribution is 2.24. The summed E-state index contributed by atoms with van der Waals surface area (Å²) in [7, 11) is 1.66. The van der Waals surface area contributed by atoms with Crippen LogP contribution in [0.1, 0.15) is 18.9 Å². The summed E-state index contributed by atoms with van der Waals surface area (Å²) >= 11 is 0. The lowest BCUT2D eigenvalue weighted by atomic mass is 10.1. The molecule has 114 valence electrons. The highest BCUT2D eigenvalue weighted by Gasteiger charge is 2.14. The number of anilines is 1. The number of methoxy groups -OCH3 is 1. The molecule has 0 atom stereocenters. The molecule has 0 aliphatic carbocycles. The van der Waals surface area contributed by atoms with Crippen molar-refractivity contribution in [1.82, 2.24) is 5.32 Å². The Morgan fingerprint density at radius 1 is 1.40 bits per heavy atom. The maximum atomic E-state index is 14.1. The van der Waals surface area contributed by atoms with Crippen LogP contribution in [0.3, 0.4) is 0 Å². The van der Waals surface area contributed by atoms with Crippen LogP contribution in [0.4, 0.5) is 10.1 Å². The Balaban J connectivity index is 2.80. The molecular weight excluding hydrogens is 259 g/mol. The number of aliphatic hydroxyl groups is 1. The maximum absolute atomic E-state index is 14.1. The number of nitrogens with zero attached hydrogens (tertiary/aromatic N) is 1. The van der Waals surface area contributed by atoms with Gasteiger partial charge in [-0.3, -0.25) is 0 Å². The number of aliphatic hydroxyl groups excluding tert-OH is 1. The Morgan fingerprint density at radius 2 is 2.20 bits per heavy atom. The van der Waals surface area contributed by atoms with Crippen molar-refractivity contribution in [3.05, 3.63) is 29.6 Å². The van der Waals surface area contributed by atoms with Gasteiger partial charge in [0.2, 0.25) is 0 Å². The highest BCUT2D eigenvalue weighted by atomic mass is 19.1. The van der Waals surface area contributed by atoms with Crippen LogP contribution in [-0.2, 0) is 11.3 Å². The third kappa shape index (κ3) is 5.07. The molecule has 0 saturated heterocycles. The van der Waals surface area contributed by atoms with Crippen molar-refractivity contribution < 1.29 is 14.2 Å². The Hall–Kier alpha value is -1.17. The van der Waals surface area contributed by atoms with Crippen molar-refractivity contribution in [1.29, 1.82) is 0 Å². The summed E-state index contributed by atoms with van der Waals surface area (Å²) in [4.78, 5) is 1.97. The number of nitrogens with one attached hydrogen (secondary N) is 1. The summed E-state index contributed by atoms with van der Waals surface area (Å²) in [6, 6.07) is 5.14. The van der Waals surface area contributed by atoms with Crippen LogP contribution in [0, 0.1) is 5.82 Å². The second-order valence-electron chi connectivity index (χ2n) is 4.57. The van der Waals surface area contributed by atoms with Crippen molar-refractivity contribution in [2.24, 2.45) is 0 Å². The first-order chi connectivity index (χ1) is 9.74. The van der Waals surface area contributed by atoms with E-state index in [2.05, 4.69) is 5.32 Å². The van der Waals surface area contributed by atoms with Gasteiger partial charge in [-0.1, -0.05) is 12.1 Å². The lowest BCUT2D eigenvalue weighted by Gasteiger charge is -2.26. The zero-order valence-corrected chi connectivity index (χ0v) is 12.4. The summed E-state index contributed by atoms with van der Waals surface area (Å²) in [6.07, 6.45) is 0.638. The van der Waals surface area contributed by atoms with E-state index in [4.69, 9.17) is 9.84 Å². The second-order valence-corrected chi connectivity index (χ2v) is 4.57. The fourth-order valence-electron chi connectivity index (χ4n) is 2.14. The molecule has 0 bridgehead atoms. The second kappa shape index (κ2) is 9.69. The molecule has 4 nitrogen and oxygen atoms in total. The van der Waals surface area contributed by atoms with Crippen molar-refractivity contribution in [3.63, 3.8) is 0 Å². The predicted octanol–water partition coefficient (Wildman–Crippen LogP) is 1.77. The Bertz CT molecular complexity index is 388. The Kier molecular flexibility index (Phi) is 8.18. The van der Waals surface area contributed by atoms with Gasteiger partial charge in [0.15, 0.2) is 0 Å². The van der Waals surface area contributed by atoms with Gasteiger partial charge in [0.05, 0.1) is 12.3 Å². The van der Waals surface area contributed by atoms with Crippen LogP contribution in [0.25, 0.3) is 0 Å². The number of ether oxygens (including phenoxy) is 1. The van der Waals surface area contributed by atoms with Gasteiger partial charge in [-0.2, -0.15) is 0 Å². The first-order valence-electron chi connectivity index (χ1n) is 7.07. The average Bonchev–Trinajstić information content (AvgIpc) is 2.46. The van der Waals surface area contributed by atoms with Crippen molar-refractivity contribution in [3.8, 4) is 0 Å². The third-order valence-electron chi connectivity index (χ3n) is 3.15. The maximum Gasteiger partial charge on any atom is 0.146 e. The molecule has 1 aromatic carbocycles. The number of halogens is 1. The third-order valence-corrected chi connectivity index (χ3v) is 3.15. The molecule has 0 amide bonds. The molecule has 20 heavy (non-hydrogen) atoms. The average molecular weight is 284 g/mol. The summed E-state index contributed by atoms with van der Waals surface area (Å²) in [5, 5.41) is 12.2. The van der Waals surface area contributed by atoms with Crippen LogP contribution in [-0.4, -0.2) is 45.1 Å². The lowest BCUT2D eigenvalue weighted by molar-refractivity contribution is 0.199. The summed E-state index contributed by atoms with van der Waals surface area (Å²) in [6.45, 7) is 5.44. The standard InChI is InChI=1S/C15H25FN2O2/c1-3-18(9-5-10-19)15-13(6-4-7-14(15)16)12-17-8-11-20-2/h4,6-7,17,19H,3,5,8-12H2,1-2H3. The molecule has 2 N–H and O–H groups in total. The van der Waals surface area contributed by atoms with Crippen LogP contribution < -0.4 is 10.2 Å². The normalized spacial score (nSPS) is 10.8. The van der Waals surface area contributed by atoms with E-state index in [0.29, 0.717) is 38.3 Å². The van der Waals surface area contributed by atoms with E-state index in [1.54, 1.807) is 13.2 Å². The van der Waals surface area contributed by atoms with E-state index >= 15 is 0 Å². The summed E-state index contributed by atoms with van der Waals surface area (Å²) < 4.78 is 19.1. The molecule has 0 heterocycles. The Morgan fingerprint density at radius 3 is 2.85 bits per heavy atom. The number of hydrogen-bond donors (Lipinski definition) is 2. The summed E-state index contributed by atoms with van der Waals surface area (Å²) in [5.41, 5.74) is 1.56. The number of hydrogen-bond acceptors (Lipinski definition) is 4. The van der Waals surface area contributed by atoms with E-state index < -0.39 is 0 Å². The fourth-order valence-corrected chi connectivity index (χ4v) is 2.14. The zero-order chi connectivity index (χ0) is 14.8. The molecular formula is C15H25FN2O2. The molecule has 0 spiro atoms. The lowest BCUT2D eigenvalue weighted by Crippen LogP contribution is -2.28. The van der Waals surface area contributed by atoms with Crippen LogP contribution in [0.5, 0.6) is 0 Å². The van der Waals surface area contributed by atoms with E-state index in [0.717, 1.165) is 12.1 Å². The molecule has 1 rings (SSSR count). The van der Waals surface area contributed by atoms with Crippen LogP contribution in [0.15, 0.2) is 18.2 Å². The van der Waals surface area contributed by atoms with Gasteiger partial charge in [-0.15, -0.1) is 0 Å². The topological polar surface area (TPSA) is 44.7 Å². The molecule has 5 heteroatoms. The quantitative estimate of drug-likeness (QED) is 0.643. The fraction of sp³-hybridized carbons (Fsp3) is 0.600. The monoisotopic (exact) mass is 284 g/mol. The van der Waals surface area contributed by atoms with E-state index in [1.807, 2.05) is 17.9 Å². The first-order valence-corrected chi connectivity index (χ1v) is 7.07. The number of para-hydroxylation sites is 1. The Labute approximate surface area is 120 Å². The minimum Gasteiger partial charge on any atom is -0.396 e. The number of benzene rings is 1. The van der Waals surface area contributed by atoms with Gasteiger partial charge in [-0.05, 0) is 25.0 Å². The van der Waals surface area contributed by atoms with Gasteiger partial charge in [-0.25, -0.2) is 4.39 Å². The molecule has 0 aliphatic rings. The SMILES string of the molecule is CCN(CCCO)c1c(F)cccc1CNCCOC. The number of rotatable bonds is 10. The van der Waals surface area contributed by atoms with Gasteiger partial charge in [0.25, 0.3) is 0 Å². The molecule has 0 aromatic heterocycles. The van der Waals surface area contributed by atoms with E-state index in [9.17, 15) is 4.39 Å². The van der Waals surface area contributed by atoms with Crippen molar-refractivity contribution in [2.75, 3.05) is 44.9 Å². The molecule has 0 radical (unpaired) electrons. The van der Waals surface area contributed by atoms with Gasteiger partial charge in [0.1, 0.15) is 5.82 Å². The first kappa shape index (κ1) is 16.9. The minimum absolute atomic E-state index is 0.117. The molecule has 1 aromatic rings. The largest absolute Gasteiger partial charge is 0.396 e. The van der Waals surface area contributed by atoms with Crippen molar-refractivity contribution in [2.45, 2.75) is 19.9 Å². The van der Waals surface area contributed by atoms with Gasteiger partial charge in [0, 0.05) is 39.9 Å². The van der Waals surface area contributed by atoms with Gasteiger partial charge < -0.3 is 20.1 Å².